The van der Waals surface area contributed by atoms with Crippen molar-refractivity contribution in [3.63, 3.8) is 0 Å². The van der Waals surface area contributed by atoms with Crippen LogP contribution in [0.15, 0.2) is 18.2 Å². The summed E-state index contributed by atoms with van der Waals surface area (Å²) in [6.07, 6.45) is -2.64. The van der Waals surface area contributed by atoms with E-state index in [9.17, 15) is 24.3 Å². The first-order valence-corrected chi connectivity index (χ1v) is 9.57. The van der Waals surface area contributed by atoms with Crippen LogP contribution in [-0.4, -0.2) is 54.7 Å². The largest absolute Gasteiger partial charge is 0.513 e. The second kappa shape index (κ2) is 12.4. The van der Waals surface area contributed by atoms with Crippen molar-refractivity contribution >= 4 is 24.2 Å². The number of nitrogens with two attached hydrogens (primary N) is 1. The Morgan fingerprint density at radius 3 is 2.03 bits per heavy atom. The van der Waals surface area contributed by atoms with E-state index in [0.717, 1.165) is 0 Å². The SMILES string of the molecule is CCOC(=O)Oc1ccc(C(C[C@@H](C)OC(C)=O)[C@H](N)C(=O)O)cc1OC(=O)OCC. The van der Waals surface area contributed by atoms with Gasteiger partial charge in [-0.2, -0.15) is 0 Å². The summed E-state index contributed by atoms with van der Waals surface area (Å²) in [6, 6.07) is 2.71. The van der Waals surface area contributed by atoms with Gasteiger partial charge in [0.2, 0.25) is 0 Å². The van der Waals surface area contributed by atoms with Crippen LogP contribution in [0.4, 0.5) is 9.59 Å². The van der Waals surface area contributed by atoms with Crippen molar-refractivity contribution in [1.82, 2.24) is 0 Å². The second-order valence-corrected chi connectivity index (χ2v) is 6.40. The molecule has 0 aliphatic rings. The average molecular weight is 441 g/mol. The highest BCUT2D eigenvalue weighted by Gasteiger charge is 2.30. The van der Waals surface area contributed by atoms with Crippen LogP contribution < -0.4 is 15.2 Å². The molecule has 0 spiro atoms. The fourth-order valence-corrected chi connectivity index (χ4v) is 2.74. The number of carboxylic acid groups (broad SMARTS) is 1. The lowest BCUT2D eigenvalue weighted by atomic mass is 9.87. The fraction of sp³-hybridized carbons (Fsp3) is 0.500. The van der Waals surface area contributed by atoms with E-state index < -0.39 is 42.3 Å². The number of esters is 1. The van der Waals surface area contributed by atoms with Gasteiger partial charge in [-0.3, -0.25) is 9.59 Å². The van der Waals surface area contributed by atoms with E-state index in [1.54, 1.807) is 20.8 Å². The van der Waals surface area contributed by atoms with Crippen LogP contribution >= 0.6 is 0 Å². The molecule has 1 aromatic rings. The van der Waals surface area contributed by atoms with E-state index in [1.807, 2.05) is 0 Å². The first-order chi connectivity index (χ1) is 14.6. The van der Waals surface area contributed by atoms with Crippen molar-refractivity contribution in [3.05, 3.63) is 23.8 Å². The van der Waals surface area contributed by atoms with Gasteiger partial charge in [0.15, 0.2) is 11.5 Å². The quantitative estimate of drug-likeness (QED) is 0.312. The standard InChI is InChI=1S/C20H27NO10/c1-5-27-19(25)30-15-8-7-13(10-16(15)31-20(26)28-6-2)14(17(21)18(23)24)9-11(3)29-12(4)22/h7-8,10-11,14,17H,5-6,9,21H2,1-4H3,(H,23,24)/t11-,14?,17+/m1/s1. The lowest BCUT2D eigenvalue weighted by molar-refractivity contribution is -0.146. The van der Waals surface area contributed by atoms with Crippen molar-refractivity contribution in [3.8, 4) is 11.5 Å². The van der Waals surface area contributed by atoms with E-state index in [4.69, 9.17) is 29.4 Å². The molecule has 0 aliphatic carbocycles. The molecule has 0 fully saturated rings. The lowest BCUT2D eigenvalue weighted by Gasteiger charge is -2.25. The maximum Gasteiger partial charge on any atom is 0.513 e. The third-order valence-electron chi connectivity index (χ3n) is 3.98. The molecule has 11 nitrogen and oxygen atoms in total. The van der Waals surface area contributed by atoms with Crippen molar-refractivity contribution in [2.45, 2.75) is 52.2 Å². The van der Waals surface area contributed by atoms with Crippen molar-refractivity contribution in [2.24, 2.45) is 5.73 Å². The van der Waals surface area contributed by atoms with Crippen LogP contribution in [0.2, 0.25) is 0 Å². The minimum absolute atomic E-state index is 0.0407. The first-order valence-electron chi connectivity index (χ1n) is 9.57. The summed E-state index contributed by atoms with van der Waals surface area (Å²) in [6.45, 7) is 6.09. The van der Waals surface area contributed by atoms with Gasteiger partial charge in [-0.1, -0.05) is 6.07 Å². The highest BCUT2D eigenvalue weighted by atomic mass is 16.7. The molecule has 0 amide bonds. The molecule has 11 heteroatoms. The Morgan fingerprint density at radius 2 is 1.55 bits per heavy atom. The number of ether oxygens (including phenoxy) is 5. The van der Waals surface area contributed by atoms with Gasteiger partial charge >= 0.3 is 24.2 Å². The number of carbonyl (C=O) groups is 4. The lowest BCUT2D eigenvalue weighted by Crippen LogP contribution is -2.38. The van der Waals surface area contributed by atoms with Crippen molar-refractivity contribution in [1.29, 1.82) is 0 Å². The van der Waals surface area contributed by atoms with Gasteiger partial charge in [-0.15, -0.1) is 0 Å². The maximum absolute atomic E-state index is 11.8. The molecule has 1 rings (SSSR count). The van der Waals surface area contributed by atoms with Gasteiger partial charge in [-0.25, -0.2) is 9.59 Å². The molecule has 0 bridgehead atoms. The van der Waals surface area contributed by atoms with Crippen LogP contribution in [0.3, 0.4) is 0 Å². The van der Waals surface area contributed by atoms with E-state index in [0.29, 0.717) is 5.56 Å². The number of carbonyl (C=O) groups excluding carboxylic acids is 3. The predicted octanol–water partition coefficient (Wildman–Crippen LogP) is 2.59. The zero-order chi connectivity index (χ0) is 23.6. The zero-order valence-corrected chi connectivity index (χ0v) is 17.8. The highest BCUT2D eigenvalue weighted by molar-refractivity contribution is 5.75. The molecule has 31 heavy (non-hydrogen) atoms. The minimum Gasteiger partial charge on any atom is -0.480 e. The molecular weight excluding hydrogens is 414 g/mol. The van der Waals surface area contributed by atoms with Gasteiger partial charge < -0.3 is 34.5 Å². The van der Waals surface area contributed by atoms with Crippen LogP contribution in [0.5, 0.6) is 11.5 Å². The van der Waals surface area contributed by atoms with E-state index in [1.165, 1.54) is 25.1 Å². The normalized spacial score (nSPS) is 13.3. The van der Waals surface area contributed by atoms with E-state index >= 15 is 0 Å². The number of carboxylic acids is 1. The predicted molar refractivity (Wildman–Crippen MR) is 106 cm³/mol. The van der Waals surface area contributed by atoms with E-state index in [2.05, 4.69) is 0 Å². The second-order valence-electron chi connectivity index (χ2n) is 6.40. The van der Waals surface area contributed by atoms with Crippen LogP contribution in [0, 0.1) is 0 Å². The molecule has 0 radical (unpaired) electrons. The first kappa shape index (κ1) is 25.7. The Morgan fingerprint density at radius 1 is 1.00 bits per heavy atom. The molecule has 0 heterocycles. The molecule has 0 saturated carbocycles. The van der Waals surface area contributed by atoms with E-state index in [-0.39, 0.29) is 31.1 Å². The van der Waals surface area contributed by atoms with Crippen molar-refractivity contribution in [2.75, 3.05) is 13.2 Å². The summed E-state index contributed by atoms with van der Waals surface area (Å²) in [7, 11) is 0. The number of aliphatic carboxylic acids is 1. The number of hydrogen-bond acceptors (Lipinski definition) is 10. The Balaban J connectivity index is 3.33. The summed E-state index contributed by atoms with van der Waals surface area (Å²) < 4.78 is 24.7. The maximum atomic E-state index is 11.8. The molecular formula is C20H27NO10. The van der Waals surface area contributed by atoms with Gasteiger partial charge in [-0.05, 0) is 44.9 Å². The smallest absolute Gasteiger partial charge is 0.480 e. The molecule has 0 aliphatic heterocycles. The Hall–Kier alpha value is -3.34. The zero-order valence-electron chi connectivity index (χ0n) is 17.8. The number of benzene rings is 1. The molecule has 3 atom stereocenters. The fourth-order valence-electron chi connectivity index (χ4n) is 2.74. The summed E-state index contributed by atoms with van der Waals surface area (Å²) in [4.78, 5) is 46.2. The Kier molecular flexibility index (Phi) is 10.3. The summed E-state index contributed by atoms with van der Waals surface area (Å²) in [5.74, 6) is -2.98. The Labute approximate surface area is 179 Å². The highest BCUT2D eigenvalue weighted by Crippen LogP contribution is 2.35. The van der Waals surface area contributed by atoms with Gasteiger partial charge in [0, 0.05) is 12.8 Å². The topological polar surface area (TPSA) is 161 Å². The minimum atomic E-state index is -1.36. The van der Waals surface area contributed by atoms with Gasteiger partial charge in [0.1, 0.15) is 6.04 Å². The van der Waals surface area contributed by atoms with Crippen LogP contribution in [0.25, 0.3) is 0 Å². The summed E-state index contributed by atoms with van der Waals surface area (Å²) in [5, 5.41) is 9.40. The molecule has 3 N–H and O–H groups in total. The van der Waals surface area contributed by atoms with Crippen LogP contribution in [-0.2, 0) is 23.8 Å². The third kappa shape index (κ3) is 8.51. The monoisotopic (exact) mass is 441 g/mol. The molecule has 0 saturated heterocycles. The molecule has 1 aromatic carbocycles. The summed E-state index contributed by atoms with van der Waals surface area (Å²) >= 11 is 0. The third-order valence-corrected chi connectivity index (χ3v) is 3.98. The van der Waals surface area contributed by atoms with Gasteiger partial charge in [0.05, 0.1) is 19.3 Å². The average Bonchev–Trinajstić information content (AvgIpc) is 2.66. The number of rotatable bonds is 10. The Bertz CT molecular complexity index is 794. The van der Waals surface area contributed by atoms with Crippen LogP contribution in [0.1, 0.15) is 45.6 Å². The molecule has 172 valence electrons. The van der Waals surface area contributed by atoms with Crippen molar-refractivity contribution < 1.29 is 48.0 Å². The van der Waals surface area contributed by atoms with Gasteiger partial charge in [0.25, 0.3) is 0 Å². The summed E-state index contributed by atoms with van der Waals surface area (Å²) in [5.41, 5.74) is 6.20. The number of hydrogen-bond donors (Lipinski definition) is 2. The molecule has 0 aromatic heterocycles. The molecule has 1 unspecified atom stereocenters.